The highest BCUT2D eigenvalue weighted by atomic mass is 28.4. The quantitative estimate of drug-likeness (QED) is 0.350. The van der Waals surface area contributed by atoms with Crippen molar-refractivity contribution < 1.29 is 26.6 Å². The molecule has 0 rings (SSSR count). The Hall–Kier alpha value is 0.259. The number of hydrogen-bond acceptors (Lipinski definition) is 6. The first-order valence-corrected chi connectivity index (χ1v) is 13.2. The molecule has 0 N–H and O–H groups in total. The van der Waals surface area contributed by atoms with E-state index in [1.54, 1.807) is 42.7 Å². The largest absolute Gasteiger partial charge is 0.500 e. The minimum Gasteiger partial charge on any atom is -0.377 e. The molecule has 0 aliphatic rings. The fourth-order valence-corrected chi connectivity index (χ4v) is 6.75. The van der Waals surface area contributed by atoms with Crippen LogP contribution in [0.15, 0.2) is 0 Å². The van der Waals surface area contributed by atoms with E-state index < -0.39 is 17.6 Å². The van der Waals surface area contributed by atoms with Crippen LogP contribution in [0.5, 0.6) is 0 Å². The molecule has 0 fully saturated rings. The van der Waals surface area contributed by atoms with Gasteiger partial charge in [0.1, 0.15) is 6.71 Å². The van der Waals surface area contributed by atoms with E-state index in [2.05, 4.69) is 6.92 Å². The Kier molecular flexibility index (Phi) is 14.5. The van der Waals surface area contributed by atoms with E-state index in [0.717, 1.165) is 24.9 Å². The van der Waals surface area contributed by atoms with Crippen LogP contribution in [0.4, 0.5) is 0 Å². The third-order valence-electron chi connectivity index (χ3n) is 5.02. The summed E-state index contributed by atoms with van der Waals surface area (Å²) in [7, 11) is 5.18. The molecule has 9 heteroatoms. The summed E-state index contributed by atoms with van der Waals surface area (Å²) in [5.41, 5.74) is 0. The van der Waals surface area contributed by atoms with Crippen LogP contribution >= 0.6 is 0 Å². The van der Waals surface area contributed by atoms with Crippen LogP contribution in [-0.2, 0) is 26.6 Å². The minimum absolute atomic E-state index is 0.703. The van der Waals surface area contributed by atoms with Gasteiger partial charge in [-0.15, -0.1) is 0 Å². The number of hydrogen-bond donors (Lipinski definition) is 0. The van der Waals surface area contributed by atoms with E-state index in [9.17, 15) is 0 Å². The maximum absolute atomic E-state index is 5.52. The van der Waals surface area contributed by atoms with Gasteiger partial charge in [-0.3, -0.25) is 0 Å². The highest BCUT2D eigenvalue weighted by Crippen LogP contribution is 2.24. The molecule has 150 valence electrons. The Balaban J connectivity index is 4.45. The SMILES string of the molecule is CCCCB(CCC[Si](OC)(OC)OC)CCC[Si](OC)(OC)OC. The molecule has 0 saturated heterocycles. The second-order valence-electron chi connectivity index (χ2n) is 6.38. The van der Waals surface area contributed by atoms with E-state index >= 15 is 0 Å². The lowest BCUT2D eigenvalue weighted by Gasteiger charge is -2.26. The second kappa shape index (κ2) is 14.3. The molecular formula is C16H39BO6Si2. The van der Waals surface area contributed by atoms with Crippen molar-refractivity contribution in [1.82, 2.24) is 0 Å². The number of rotatable bonds is 17. The average molecular weight is 394 g/mol. The molecule has 0 unspecified atom stereocenters. The molecule has 0 aliphatic carbocycles. The Labute approximate surface area is 157 Å². The van der Waals surface area contributed by atoms with Crippen LogP contribution in [0.1, 0.15) is 32.6 Å². The van der Waals surface area contributed by atoms with Crippen molar-refractivity contribution in [3.05, 3.63) is 0 Å². The standard InChI is InChI=1S/C16H39BO6Si2/c1-8-9-12-17(13-10-15-24(18-2,19-3)20-4)14-11-16-25(21-5,22-6)23-7/h8-16H2,1-7H3. The molecule has 0 aromatic carbocycles. The Morgan fingerprint density at radius 2 is 0.880 bits per heavy atom. The lowest BCUT2D eigenvalue weighted by Crippen LogP contribution is -2.43. The highest BCUT2D eigenvalue weighted by molar-refractivity contribution is 6.62. The molecule has 0 heterocycles. The van der Waals surface area contributed by atoms with Gasteiger partial charge in [-0.05, 0) is 0 Å². The lowest BCUT2D eigenvalue weighted by molar-refractivity contribution is 0.123. The molecule has 0 amide bonds. The van der Waals surface area contributed by atoms with Crippen LogP contribution in [0.25, 0.3) is 0 Å². The first-order chi connectivity index (χ1) is 12.0. The van der Waals surface area contributed by atoms with Crippen molar-refractivity contribution in [2.24, 2.45) is 0 Å². The summed E-state index contributed by atoms with van der Waals surface area (Å²) in [6, 6.07) is 1.73. The smallest absolute Gasteiger partial charge is 0.377 e. The predicted octanol–water partition coefficient (Wildman–Crippen LogP) is 3.82. The molecule has 6 nitrogen and oxygen atoms in total. The minimum atomic E-state index is -2.45. The van der Waals surface area contributed by atoms with Crippen LogP contribution in [-0.4, -0.2) is 67.0 Å². The van der Waals surface area contributed by atoms with Gasteiger partial charge in [-0.2, -0.15) is 0 Å². The van der Waals surface area contributed by atoms with Gasteiger partial charge in [0.2, 0.25) is 0 Å². The average Bonchev–Trinajstić information content (AvgIpc) is 2.67. The van der Waals surface area contributed by atoms with Crippen LogP contribution in [0.3, 0.4) is 0 Å². The monoisotopic (exact) mass is 394 g/mol. The lowest BCUT2D eigenvalue weighted by atomic mass is 9.41. The molecule has 0 atom stereocenters. The third kappa shape index (κ3) is 9.14. The maximum atomic E-state index is 5.52. The molecule has 0 aliphatic heterocycles. The molecule has 0 saturated carbocycles. The van der Waals surface area contributed by atoms with E-state index in [4.69, 9.17) is 26.6 Å². The van der Waals surface area contributed by atoms with Gasteiger partial charge >= 0.3 is 17.6 Å². The predicted molar refractivity (Wildman–Crippen MR) is 107 cm³/mol. The summed E-state index contributed by atoms with van der Waals surface area (Å²) in [5, 5.41) is 0. The maximum Gasteiger partial charge on any atom is 0.500 e. The third-order valence-corrected chi connectivity index (χ3v) is 10.7. The fraction of sp³-hybridized carbons (Fsp3) is 1.00. The molecule has 25 heavy (non-hydrogen) atoms. The van der Waals surface area contributed by atoms with Crippen molar-refractivity contribution in [3.63, 3.8) is 0 Å². The van der Waals surface area contributed by atoms with E-state index in [0.29, 0.717) is 6.71 Å². The van der Waals surface area contributed by atoms with Gasteiger partial charge in [0, 0.05) is 54.7 Å². The van der Waals surface area contributed by atoms with Gasteiger partial charge in [-0.25, -0.2) is 0 Å². The highest BCUT2D eigenvalue weighted by Gasteiger charge is 2.38. The summed E-state index contributed by atoms with van der Waals surface area (Å²) < 4.78 is 33.1. The van der Waals surface area contributed by atoms with Crippen molar-refractivity contribution in [3.8, 4) is 0 Å². The summed E-state index contributed by atoms with van der Waals surface area (Å²) in [6.45, 7) is 2.95. The Bertz CT molecular complexity index is 274. The van der Waals surface area contributed by atoms with E-state index in [1.165, 1.54) is 31.8 Å². The Morgan fingerprint density at radius 3 is 1.16 bits per heavy atom. The molecule has 0 aromatic heterocycles. The van der Waals surface area contributed by atoms with Gasteiger partial charge < -0.3 is 26.6 Å². The van der Waals surface area contributed by atoms with Gasteiger partial charge in [0.05, 0.1) is 0 Å². The van der Waals surface area contributed by atoms with Gasteiger partial charge in [-0.1, -0.05) is 51.6 Å². The summed E-state index contributed by atoms with van der Waals surface area (Å²) >= 11 is 0. The zero-order valence-corrected chi connectivity index (χ0v) is 19.4. The fourth-order valence-electron chi connectivity index (χ4n) is 3.25. The zero-order valence-electron chi connectivity index (χ0n) is 17.4. The van der Waals surface area contributed by atoms with E-state index in [-0.39, 0.29) is 0 Å². The normalized spacial score (nSPS) is 12.6. The van der Waals surface area contributed by atoms with Gasteiger partial charge in [0.15, 0.2) is 0 Å². The summed E-state index contributed by atoms with van der Waals surface area (Å²) in [5.74, 6) is 0. The van der Waals surface area contributed by atoms with Gasteiger partial charge in [0.25, 0.3) is 0 Å². The van der Waals surface area contributed by atoms with E-state index in [1.807, 2.05) is 0 Å². The van der Waals surface area contributed by atoms with Crippen molar-refractivity contribution in [2.75, 3.05) is 42.7 Å². The Morgan fingerprint density at radius 1 is 0.560 bits per heavy atom. The second-order valence-corrected chi connectivity index (χ2v) is 12.6. The molecule has 0 aromatic rings. The molecule has 0 bridgehead atoms. The first-order valence-electron chi connectivity index (χ1n) is 9.31. The number of unbranched alkanes of at least 4 members (excludes halogenated alkanes) is 1. The zero-order chi connectivity index (χ0) is 19.2. The molecule has 0 spiro atoms. The molecular weight excluding hydrogens is 355 g/mol. The summed E-state index contributed by atoms with van der Waals surface area (Å²) in [4.78, 5) is 0. The van der Waals surface area contributed by atoms with Crippen LogP contribution in [0.2, 0.25) is 31.0 Å². The van der Waals surface area contributed by atoms with Crippen molar-refractivity contribution in [2.45, 2.75) is 63.7 Å². The van der Waals surface area contributed by atoms with Crippen LogP contribution < -0.4 is 0 Å². The van der Waals surface area contributed by atoms with Crippen molar-refractivity contribution in [1.29, 1.82) is 0 Å². The summed E-state index contributed by atoms with van der Waals surface area (Å²) in [6.07, 6.45) is 8.25. The van der Waals surface area contributed by atoms with Crippen molar-refractivity contribution >= 4 is 24.3 Å². The topological polar surface area (TPSA) is 55.4 Å². The first kappa shape index (κ1) is 25.3. The van der Waals surface area contributed by atoms with Crippen LogP contribution in [0, 0.1) is 0 Å². The molecule has 0 radical (unpaired) electrons.